The van der Waals surface area contributed by atoms with Gasteiger partial charge in [-0.05, 0) is 37.1 Å². The molecule has 0 aliphatic heterocycles. The third-order valence-corrected chi connectivity index (χ3v) is 3.82. The molecular formula is C17H18ClFN2O3. The summed E-state index contributed by atoms with van der Waals surface area (Å²) in [5.74, 6) is -1.67. The fraction of sp³-hybridized carbons (Fsp3) is 0.294. The lowest BCUT2D eigenvalue weighted by Crippen LogP contribution is -2.16. The molecule has 1 heterocycles. The van der Waals surface area contributed by atoms with Crippen LogP contribution in [-0.4, -0.2) is 24.0 Å². The summed E-state index contributed by atoms with van der Waals surface area (Å²) in [6.07, 6.45) is 1.25. The van der Waals surface area contributed by atoms with Gasteiger partial charge in [0.15, 0.2) is 0 Å². The zero-order chi connectivity index (χ0) is 17.9. The molecule has 24 heavy (non-hydrogen) atoms. The fourth-order valence-corrected chi connectivity index (χ4v) is 2.68. The number of aryl methyl sites for hydroxylation is 1. The molecule has 0 fully saturated rings. The topological polar surface area (TPSA) is 71.2 Å². The van der Waals surface area contributed by atoms with E-state index in [2.05, 4.69) is 10.3 Å². The van der Waals surface area contributed by atoms with E-state index in [1.807, 2.05) is 6.92 Å². The van der Waals surface area contributed by atoms with E-state index in [0.717, 1.165) is 12.5 Å². The minimum Gasteiger partial charge on any atom is -0.465 e. The summed E-state index contributed by atoms with van der Waals surface area (Å²) < 4.78 is 18.6. The quantitative estimate of drug-likeness (QED) is 0.795. The van der Waals surface area contributed by atoms with Crippen LogP contribution in [-0.2, 0) is 11.2 Å². The number of halogens is 2. The standard InChI is InChI=1S/C17H18ClFN2O3/c1-4-5-11-14(17(23)24-3)9(2)20-15(11)16(22)21-13-7-6-10(18)8-12(13)19/h6-8,20H,4-5H2,1-3H3,(H,21,22). The first-order valence-electron chi connectivity index (χ1n) is 7.45. The molecule has 128 valence electrons. The molecule has 2 aromatic rings. The first-order chi connectivity index (χ1) is 11.4. The van der Waals surface area contributed by atoms with E-state index < -0.39 is 17.7 Å². The van der Waals surface area contributed by atoms with Crippen molar-refractivity contribution in [3.8, 4) is 0 Å². The summed E-state index contributed by atoms with van der Waals surface area (Å²) in [7, 11) is 1.29. The van der Waals surface area contributed by atoms with Gasteiger partial charge in [-0.3, -0.25) is 4.79 Å². The minimum atomic E-state index is -0.635. The maximum Gasteiger partial charge on any atom is 0.339 e. The van der Waals surface area contributed by atoms with E-state index >= 15 is 0 Å². The molecule has 0 saturated heterocycles. The summed E-state index contributed by atoms with van der Waals surface area (Å²) in [6.45, 7) is 3.62. The molecular weight excluding hydrogens is 335 g/mol. The number of methoxy groups -OCH3 is 1. The van der Waals surface area contributed by atoms with Crippen LogP contribution in [0.3, 0.4) is 0 Å². The number of H-pyrrole nitrogens is 1. The van der Waals surface area contributed by atoms with Crippen molar-refractivity contribution in [2.24, 2.45) is 0 Å². The van der Waals surface area contributed by atoms with E-state index in [0.29, 0.717) is 23.2 Å². The van der Waals surface area contributed by atoms with Crippen molar-refractivity contribution in [2.45, 2.75) is 26.7 Å². The van der Waals surface area contributed by atoms with Crippen LogP contribution >= 0.6 is 11.6 Å². The number of anilines is 1. The van der Waals surface area contributed by atoms with Gasteiger partial charge in [-0.25, -0.2) is 9.18 Å². The molecule has 7 heteroatoms. The molecule has 0 aliphatic rings. The monoisotopic (exact) mass is 352 g/mol. The van der Waals surface area contributed by atoms with Crippen LogP contribution in [0.1, 0.15) is 45.4 Å². The summed E-state index contributed by atoms with van der Waals surface area (Å²) in [5.41, 5.74) is 1.68. The maximum absolute atomic E-state index is 13.9. The predicted octanol–water partition coefficient (Wildman–Crippen LogP) is 4.11. The Morgan fingerprint density at radius 2 is 2.08 bits per heavy atom. The number of hydrogen-bond donors (Lipinski definition) is 2. The molecule has 0 saturated carbocycles. The average Bonchev–Trinajstić information content (AvgIpc) is 2.86. The van der Waals surface area contributed by atoms with Gasteiger partial charge in [0.2, 0.25) is 0 Å². The number of rotatable bonds is 5. The summed E-state index contributed by atoms with van der Waals surface area (Å²) >= 11 is 5.70. The molecule has 0 unspecified atom stereocenters. The predicted molar refractivity (Wildman–Crippen MR) is 90.2 cm³/mol. The van der Waals surface area contributed by atoms with Gasteiger partial charge in [0.1, 0.15) is 11.5 Å². The zero-order valence-electron chi connectivity index (χ0n) is 13.6. The SMILES string of the molecule is CCCc1c(C(=O)Nc2ccc(Cl)cc2F)[nH]c(C)c1C(=O)OC. The number of amides is 1. The van der Waals surface area contributed by atoms with Crippen LogP contribution in [0, 0.1) is 12.7 Å². The number of aromatic nitrogens is 1. The van der Waals surface area contributed by atoms with Crippen molar-refractivity contribution >= 4 is 29.2 Å². The number of esters is 1. The second kappa shape index (κ2) is 7.49. The second-order valence-electron chi connectivity index (χ2n) is 5.30. The van der Waals surface area contributed by atoms with Crippen LogP contribution < -0.4 is 5.32 Å². The highest BCUT2D eigenvalue weighted by molar-refractivity contribution is 6.30. The van der Waals surface area contributed by atoms with E-state index in [9.17, 15) is 14.0 Å². The van der Waals surface area contributed by atoms with Gasteiger partial charge in [0.25, 0.3) is 5.91 Å². The Kier molecular flexibility index (Phi) is 5.62. The van der Waals surface area contributed by atoms with Crippen molar-refractivity contribution in [3.05, 3.63) is 51.6 Å². The smallest absolute Gasteiger partial charge is 0.339 e. The van der Waals surface area contributed by atoms with Crippen molar-refractivity contribution in [1.29, 1.82) is 0 Å². The van der Waals surface area contributed by atoms with Gasteiger partial charge in [-0.15, -0.1) is 0 Å². The first-order valence-corrected chi connectivity index (χ1v) is 7.83. The van der Waals surface area contributed by atoms with Crippen molar-refractivity contribution in [2.75, 3.05) is 12.4 Å². The molecule has 0 atom stereocenters. The van der Waals surface area contributed by atoms with Crippen molar-refractivity contribution in [3.63, 3.8) is 0 Å². The maximum atomic E-state index is 13.9. The second-order valence-corrected chi connectivity index (χ2v) is 5.73. The van der Waals surface area contributed by atoms with Gasteiger partial charge in [-0.1, -0.05) is 24.9 Å². The van der Waals surface area contributed by atoms with Crippen LogP contribution in [0.2, 0.25) is 5.02 Å². The average molecular weight is 353 g/mol. The third kappa shape index (κ3) is 3.59. The Bertz CT molecular complexity index is 786. The Morgan fingerprint density at radius 3 is 2.67 bits per heavy atom. The van der Waals surface area contributed by atoms with Crippen LogP contribution in [0.5, 0.6) is 0 Å². The molecule has 5 nitrogen and oxygen atoms in total. The molecule has 1 aromatic heterocycles. The normalized spacial score (nSPS) is 10.5. The van der Waals surface area contributed by atoms with Gasteiger partial charge in [0, 0.05) is 10.7 Å². The highest BCUT2D eigenvalue weighted by atomic mass is 35.5. The van der Waals surface area contributed by atoms with Gasteiger partial charge >= 0.3 is 5.97 Å². The largest absolute Gasteiger partial charge is 0.465 e. The lowest BCUT2D eigenvalue weighted by Gasteiger charge is -2.08. The number of nitrogens with one attached hydrogen (secondary N) is 2. The Morgan fingerprint density at radius 1 is 1.38 bits per heavy atom. The molecule has 1 amide bonds. The first kappa shape index (κ1) is 18.0. The Hall–Kier alpha value is -2.34. The fourth-order valence-electron chi connectivity index (χ4n) is 2.52. The summed E-state index contributed by atoms with van der Waals surface area (Å²) in [4.78, 5) is 27.4. The number of carbonyl (C=O) groups excluding carboxylic acids is 2. The molecule has 2 rings (SSSR count). The van der Waals surface area contributed by atoms with E-state index in [1.54, 1.807) is 6.92 Å². The van der Waals surface area contributed by atoms with Gasteiger partial charge in [0.05, 0.1) is 18.4 Å². The molecule has 2 N–H and O–H groups in total. The van der Waals surface area contributed by atoms with E-state index in [4.69, 9.17) is 16.3 Å². The van der Waals surface area contributed by atoms with Crippen LogP contribution in [0.4, 0.5) is 10.1 Å². The molecule has 0 radical (unpaired) electrons. The highest BCUT2D eigenvalue weighted by Crippen LogP contribution is 2.24. The molecule has 0 spiro atoms. The van der Waals surface area contributed by atoms with Crippen molar-refractivity contribution in [1.82, 2.24) is 4.98 Å². The number of ether oxygens (including phenoxy) is 1. The van der Waals surface area contributed by atoms with E-state index in [1.165, 1.54) is 19.2 Å². The number of benzene rings is 1. The van der Waals surface area contributed by atoms with E-state index in [-0.39, 0.29) is 16.4 Å². The van der Waals surface area contributed by atoms with Gasteiger partial charge in [-0.2, -0.15) is 0 Å². The molecule has 0 bridgehead atoms. The number of hydrogen-bond acceptors (Lipinski definition) is 3. The zero-order valence-corrected chi connectivity index (χ0v) is 14.4. The third-order valence-electron chi connectivity index (χ3n) is 3.59. The summed E-state index contributed by atoms with van der Waals surface area (Å²) in [6, 6.07) is 3.98. The molecule has 0 aliphatic carbocycles. The summed E-state index contributed by atoms with van der Waals surface area (Å²) in [5, 5.41) is 2.73. The molecule has 1 aromatic carbocycles. The Labute approximate surface area is 144 Å². The number of carbonyl (C=O) groups is 2. The van der Waals surface area contributed by atoms with Gasteiger partial charge < -0.3 is 15.0 Å². The Balaban J connectivity index is 2.40. The lowest BCUT2D eigenvalue weighted by molar-refractivity contribution is 0.0599. The van der Waals surface area contributed by atoms with Crippen LogP contribution in [0.25, 0.3) is 0 Å². The van der Waals surface area contributed by atoms with Crippen LogP contribution in [0.15, 0.2) is 18.2 Å². The number of aromatic amines is 1. The van der Waals surface area contributed by atoms with Crippen molar-refractivity contribution < 1.29 is 18.7 Å². The highest BCUT2D eigenvalue weighted by Gasteiger charge is 2.25. The lowest BCUT2D eigenvalue weighted by atomic mass is 10.0. The minimum absolute atomic E-state index is 0.0127.